The van der Waals surface area contributed by atoms with E-state index in [9.17, 15) is 4.79 Å². The lowest BCUT2D eigenvalue weighted by molar-refractivity contribution is -0.121. The van der Waals surface area contributed by atoms with Crippen LogP contribution in [0.4, 0.5) is 0 Å². The predicted octanol–water partition coefficient (Wildman–Crippen LogP) is 1.35. The summed E-state index contributed by atoms with van der Waals surface area (Å²) >= 11 is 0. The van der Waals surface area contributed by atoms with Gasteiger partial charge in [-0.25, -0.2) is 0 Å². The number of rotatable bonds is 6. The highest BCUT2D eigenvalue weighted by Crippen LogP contribution is 2.17. The Morgan fingerprint density at radius 2 is 2.22 bits per heavy atom. The molecule has 0 aromatic carbocycles. The lowest BCUT2D eigenvalue weighted by Gasteiger charge is -2.35. The van der Waals surface area contributed by atoms with Crippen molar-refractivity contribution in [3.05, 3.63) is 0 Å². The molecule has 3 N–H and O–H groups in total. The second kappa shape index (κ2) is 7.74. The van der Waals surface area contributed by atoms with Crippen LogP contribution in [-0.2, 0) is 4.79 Å². The minimum atomic E-state index is 0.108. The van der Waals surface area contributed by atoms with Crippen molar-refractivity contribution in [1.82, 2.24) is 10.2 Å². The first-order valence-electron chi connectivity index (χ1n) is 7.25. The van der Waals surface area contributed by atoms with Crippen LogP contribution in [0.3, 0.4) is 0 Å². The molecular formula is C14H29N3O. The van der Waals surface area contributed by atoms with Gasteiger partial charge in [0.15, 0.2) is 0 Å². The van der Waals surface area contributed by atoms with E-state index in [2.05, 4.69) is 24.1 Å². The van der Waals surface area contributed by atoms with Gasteiger partial charge < -0.3 is 11.1 Å². The van der Waals surface area contributed by atoms with E-state index in [-0.39, 0.29) is 11.9 Å². The number of nitrogens with one attached hydrogen (secondary N) is 1. The first-order chi connectivity index (χ1) is 8.49. The third-order valence-corrected chi connectivity index (χ3v) is 3.73. The van der Waals surface area contributed by atoms with E-state index in [1.54, 1.807) is 0 Å². The van der Waals surface area contributed by atoms with Crippen LogP contribution in [0, 0.1) is 5.92 Å². The topological polar surface area (TPSA) is 58.4 Å². The molecule has 1 amide bonds. The fourth-order valence-electron chi connectivity index (χ4n) is 2.46. The molecule has 106 valence electrons. The maximum absolute atomic E-state index is 11.6. The molecule has 0 aliphatic carbocycles. The van der Waals surface area contributed by atoms with Crippen molar-refractivity contribution in [3.8, 4) is 0 Å². The molecule has 1 fully saturated rings. The number of likely N-dealkylation sites (tertiary alicyclic amines) is 1. The first-order valence-corrected chi connectivity index (χ1v) is 7.25. The number of hydrogen-bond donors (Lipinski definition) is 2. The molecular weight excluding hydrogens is 226 g/mol. The number of nitrogens with zero attached hydrogens (tertiary/aromatic N) is 1. The molecule has 0 bridgehead atoms. The average molecular weight is 255 g/mol. The molecule has 1 saturated heterocycles. The van der Waals surface area contributed by atoms with E-state index in [0.717, 1.165) is 25.4 Å². The molecule has 0 spiro atoms. The van der Waals surface area contributed by atoms with Crippen LogP contribution in [0.15, 0.2) is 0 Å². The predicted molar refractivity (Wildman–Crippen MR) is 75.3 cm³/mol. The molecule has 3 unspecified atom stereocenters. The van der Waals surface area contributed by atoms with E-state index >= 15 is 0 Å². The van der Waals surface area contributed by atoms with Crippen molar-refractivity contribution in [2.24, 2.45) is 11.7 Å². The van der Waals surface area contributed by atoms with Gasteiger partial charge in [-0.2, -0.15) is 0 Å². The highest BCUT2D eigenvalue weighted by Gasteiger charge is 2.20. The van der Waals surface area contributed by atoms with Gasteiger partial charge in [0, 0.05) is 31.6 Å². The average Bonchev–Trinajstić information content (AvgIpc) is 2.33. The van der Waals surface area contributed by atoms with E-state index in [1.165, 1.54) is 19.4 Å². The van der Waals surface area contributed by atoms with Crippen molar-refractivity contribution in [1.29, 1.82) is 0 Å². The van der Waals surface area contributed by atoms with Crippen molar-refractivity contribution in [2.75, 3.05) is 19.6 Å². The lowest BCUT2D eigenvalue weighted by Crippen LogP contribution is -2.46. The maximum Gasteiger partial charge on any atom is 0.220 e. The van der Waals surface area contributed by atoms with Gasteiger partial charge in [-0.15, -0.1) is 0 Å². The van der Waals surface area contributed by atoms with Crippen molar-refractivity contribution in [3.63, 3.8) is 0 Å². The molecule has 4 nitrogen and oxygen atoms in total. The highest BCUT2D eigenvalue weighted by molar-refractivity contribution is 5.75. The van der Waals surface area contributed by atoms with Crippen LogP contribution in [0.1, 0.15) is 46.5 Å². The Balaban J connectivity index is 2.19. The number of carbonyl (C=O) groups excluding carboxylic acids is 1. The minimum Gasteiger partial charge on any atom is -0.355 e. The van der Waals surface area contributed by atoms with E-state index in [1.807, 2.05) is 6.92 Å². The summed E-state index contributed by atoms with van der Waals surface area (Å²) in [5.41, 5.74) is 5.64. The Morgan fingerprint density at radius 1 is 1.50 bits per heavy atom. The Labute approximate surface area is 111 Å². The molecule has 0 radical (unpaired) electrons. The molecule has 0 aromatic rings. The van der Waals surface area contributed by atoms with Crippen LogP contribution in [0.5, 0.6) is 0 Å². The van der Waals surface area contributed by atoms with Gasteiger partial charge in [0.05, 0.1) is 0 Å². The Kier molecular flexibility index (Phi) is 6.65. The molecule has 3 atom stereocenters. The minimum absolute atomic E-state index is 0.108. The van der Waals surface area contributed by atoms with Crippen LogP contribution < -0.4 is 11.1 Å². The monoisotopic (exact) mass is 255 g/mol. The Hall–Kier alpha value is -0.610. The van der Waals surface area contributed by atoms with Crippen LogP contribution in [0.2, 0.25) is 0 Å². The van der Waals surface area contributed by atoms with Gasteiger partial charge in [-0.3, -0.25) is 9.69 Å². The molecule has 1 heterocycles. The number of nitrogens with two attached hydrogens (primary N) is 1. The summed E-state index contributed by atoms with van der Waals surface area (Å²) in [6.45, 7) is 9.53. The fraction of sp³-hybridized carbons (Fsp3) is 0.929. The Morgan fingerprint density at radius 3 is 2.83 bits per heavy atom. The standard InChI is InChI=1S/C14H29N3O/c1-11-5-4-8-17(10-11)13(3)9-16-14(18)7-6-12(2)15/h11-13H,4-10,15H2,1-3H3,(H,16,18). The molecule has 1 aliphatic rings. The van der Waals surface area contributed by atoms with E-state index in [4.69, 9.17) is 5.73 Å². The van der Waals surface area contributed by atoms with Gasteiger partial charge in [0.2, 0.25) is 5.91 Å². The molecule has 4 heteroatoms. The summed E-state index contributed by atoms with van der Waals surface area (Å²) in [5.74, 6) is 0.916. The first kappa shape index (κ1) is 15.4. The third-order valence-electron chi connectivity index (χ3n) is 3.73. The van der Waals surface area contributed by atoms with Crippen molar-refractivity contribution >= 4 is 5.91 Å². The quantitative estimate of drug-likeness (QED) is 0.753. The van der Waals surface area contributed by atoms with Crippen molar-refractivity contribution in [2.45, 2.75) is 58.5 Å². The summed E-state index contributed by atoms with van der Waals surface area (Å²) in [7, 11) is 0. The fourth-order valence-corrected chi connectivity index (χ4v) is 2.46. The zero-order chi connectivity index (χ0) is 13.5. The zero-order valence-corrected chi connectivity index (χ0v) is 12.1. The Bertz CT molecular complexity index is 255. The number of hydrogen-bond acceptors (Lipinski definition) is 3. The summed E-state index contributed by atoms with van der Waals surface area (Å²) in [4.78, 5) is 14.1. The molecule has 18 heavy (non-hydrogen) atoms. The van der Waals surface area contributed by atoms with Gasteiger partial charge in [0.1, 0.15) is 0 Å². The largest absolute Gasteiger partial charge is 0.355 e. The second-order valence-corrected chi connectivity index (χ2v) is 5.91. The smallest absolute Gasteiger partial charge is 0.220 e. The van der Waals surface area contributed by atoms with Gasteiger partial charge >= 0.3 is 0 Å². The number of amides is 1. The summed E-state index contributed by atoms with van der Waals surface area (Å²) < 4.78 is 0. The summed E-state index contributed by atoms with van der Waals surface area (Å²) in [6, 6.07) is 0.545. The second-order valence-electron chi connectivity index (χ2n) is 5.91. The van der Waals surface area contributed by atoms with Crippen LogP contribution in [-0.4, -0.2) is 42.5 Å². The van der Waals surface area contributed by atoms with Crippen LogP contribution in [0.25, 0.3) is 0 Å². The van der Waals surface area contributed by atoms with Crippen molar-refractivity contribution < 1.29 is 4.79 Å². The molecule has 1 rings (SSSR count). The number of piperidine rings is 1. The summed E-state index contributed by atoms with van der Waals surface area (Å²) in [5, 5.41) is 3.01. The zero-order valence-electron chi connectivity index (χ0n) is 12.1. The normalized spacial score (nSPS) is 24.6. The van der Waals surface area contributed by atoms with Gasteiger partial charge in [-0.1, -0.05) is 6.92 Å². The SMILES string of the molecule is CC(N)CCC(=O)NCC(C)N1CCCC(C)C1. The van der Waals surface area contributed by atoms with Crippen LogP contribution >= 0.6 is 0 Å². The highest BCUT2D eigenvalue weighted by atomic mass is 16.1. The molecule has 0 saturated carbocycles. The van der Waals surface area contributed by atoms with Gasteiger partial charge in [0.25, 0.3) is 0 Å². The molecule has 1 aliphatic heterocycles. The van der Waals surface area contributed by atoms with E-state index < -0.39 is 0 Å². The van der Waals surface area contributed by atoms with E-state index in [0.29, 0.717) is 12.5 Å². The molecule has 0 aromatic heterocycles. The third kappa shape index (κ3) is 5.83. The number of carbonyl (C=O) groups is 1. The van der Waals surface area contributed by atoms with Gasteiger partial charge in [-0.05, 0) is 45.6 Å². The lowest BCUT2D eigenvalue weighted by atomic mass is 9.99. The summed E-state index contributed by atoms with van der Waals surface area (Å²) in [6.07, 6.45) is 3.93. The maximum atomic E-state index is 11.6.